The molecule has 2 atom stereocenters. The van der Waals surface area contributed by atoms with Crippen LogP contribution in [0.3, 0.4) is 0 Å². The monoisotopic (exact) mass is 354 g/mol. The molecule has 1 aromatic rings. The van der Waals surface area contributed by atoms with Gasteiger partial charge in [0.05, 0.1) is 7.11 Å². The van der Waals surface area contributed by atoms with Crippen LogP contribution >= 0.6 is 24.8 Å². The van der Waals surface area contributed by atoms with Crippen LogP contribution in [-0.4, -0.2) is 37.7 Å². The largest absolute Gasteiger partial charge is 0.496 e. The van der Waals surface area contributed by atoms with E-state index < -0.39 is 11.6 Å². The first-order valence-corrected chi connectivity index (χ1v) is 7.14. The van der Waals surface area contributed by atoms with E-state index in [9.17, 15) is 8.78 Å². The third-order valence-corrected chi connectivity index (χ3v) is 4.46. The van der Waals surface area contributed by atoms with Crippen LogP contribution in [0.5, 0.6) is 5.75 Å². The Morgan fingerprint density at radius 1 is 1.23 bits per heavy atom. The number of fused-ring (bicyclic) bond motifs is 4. The molecule has 3 nitrogen and oxygen atoms in total. The Balaban J connectivity index is 0.00000121. The van der Waals surface area contributed by atoms with E-state index in [1.807, 2.05) is 0 Å². The predicted molar refractivity (Wildman–Crippen MR) is 87.2 cm³/mol. The van der Waals surface area contributed by atoms with Gasteiger partial charge in [0.15, 0.2) is 11.6 Å². The summed E-state index contributed by atoms with van der Waals surface area (Å²) in [5.41, 5.74) is 0.333. The van der Waals surface area contributed by atoms with Crippen LogP contribution in [0.25, 0.3) is 0 Å². The van der Waals surface area contributed by atoms with Crippen LogP contribution in [-0.2, 0) is 6.54 Å². The van der Waals surface area contributed by atoms with Gasteiger partial charge >= 0.3 is 0 Å². The fourth-order valence-corrected chi connectivity index (χ4v) is 3.34. The van der Waals surface area contributed by atoms with Gasteiger partial charge in [-0.05, 0) is 37.4 Å². The number of halogens is 4. The average molecular weight is 355 g/mol. The molecular formula is C15H22Cl2F2N2O. The van der Waals surface area contributed by atoms with Gasteiger partial charge in [0.25, 0.3) is 0 Å². The summed E-state index contributed by atoms with van der Waals surface area (Å²) in [7, 11) is 1.49. The molecule has 2 bridgehead atoms. The second kappa shape index (κ2) is 8.29. The average Bonchev–Trinajstić information content (AvgIpc) is 2.79. The minimum Gasteiger partial charge on any atom is -0.496 e. The Morgan fingerprint density at radius 3 is 2.73 bits per heavy atom. The molecule has 3 aliphatic heterocycles. The number of rotatable bonds is 3. The highest BCUT2D eigenvalue weighted by atomic mass is 35.5. The first kappa shape index (κ1) is 19.4. The lowest BCUT2D eigenvalue weighted by Crippen LogP contribution is -2.43. The van der Waals surface area contributed by atoms with Crippen molar-refractivity contribution in [3.63, 3.8) is 0 Å². The molecule has 0 radical (unpaired) electrons. The molecule has 0 amide bonds. The first-order valence-electron chi connectivity index (χ1n) is 7.14. The Bertz CT molecular complexity index is 501. The van der Waals surface area contributed by atoms with E-state index in [0.29, 0.717) is 29.8 Å². The van der Waals surface area contributed by atoms with Crippen LogP contribution < -0.4 is 10.1 Å². The topological polar surface area (TPSA) is 24.5 Å². The molecule has 0 aliphatic carbocycles. The van der Waals surface area contributed by atoms with Gasteiger partial charge in [-0.2, -0.15) is 0 Å². The first-order chi connectivity index (χ1) is 9.69. The van der Waals surface area contributed by atoms with Gasteiger partial charge < -0.3 is 10.1 Å². The van der Waals surface area contributed by atoms with Gasteiger partial charge in [0.2, 0.25) is 0 Å². The Morgan fingerprint density at radius 2 is 2.00 bits per heavy atom. The van der Waals surface area contributed by atoms with Crippen molar-refractivity contribution < 1.29 is 13.5 Å². The molecule has 3 aliphatic rings. The summed E-state index contributed by atoms with van der Waals surface area (Å²) >= 11 is 0. The molecule has 1 aromatic carbocycles. The molecule has 7 heteroatoms. The fraction of sp³-hybridized carbons (Fsp3) is 0.600. The maximum Gasteiger partial charge on any atom is 0.167 e. The summed E-state index contributed by atoms with van der Waals surface area (Å²) in [6.07, 6.45) is 2.34. The van der Waals surface area contributed by atoms with Crippen LogP contribution in [0.2, 0.25) is 0 Å². The molecule has 4 rings (SSSR count). The highest BCUT2D eigenvalue weighted by Gasteiger charge is 2.32. The smallest absolute Gasteiger partial charge is 0.167 e. The zero-order chi connectivity index (χ0) is 14.1. The Labute approximate surface area is 142 Å². The van der Waals surface area contributed by atoms with Crippen molar-refractivity contribution in [2.45, 2.75) is 25.4 Å². The van der Waals surface area contributed by atoms with E-state index in [0.717, 1.165) is 32.1 Å². The lowest BCUT2D eigenvalue weighted by atomic mass is 9.94. The maximum atomic E-state index is 14.1. The van der Waals surface area contributed by atoms with Gasteiger partial charge in [-0.3, -0.25) is 4.90 Å². The predicted octanol–water partition coefficient (Wildman–Crippen LogP) is 3.00. The van der Waals surface area contributed by atoms with Gasteiger partial charge in [-0.15, -0.1) is 24.8 Å². The van der Waals surface area contributed by atoms with Crippen LogP contribution in [0.4, 0.5) is 8.78 Å². The van der Waals surface area contributed by atoms with E-state index in [1.54, 1.807) is 0 Å². The normalized spacial score (nSPS) is 24.1. The molecule has 1 N–H and O–H groups in total. The number of nitrogens with one attached hydrogen (secondary N) is 1. The lowest BCUT2D eigenvalue weighted by molar-refractivity contribution is 0.123. The number of ether oxygens (including phenoxy) is 1. The summed E-state index contributed by atoms with van der Waals surface area (Å²) in [6.45, 7) is 3.30. The van der Waals surface area contributed by atoms with Crippen molar-refractivity contribution in [2.75, 3.05) is 26.7 Å². The molecule has 0 aromatic heterocycles. The fourth-order valence-electron chi connectivity index (χ4n) is 3.34. The summed E-state index contributed by atoms with van der Waals surface area (Å²) in [5, 5.41) is 3.44. The molecule has 3 saturated heterocycles. The summed E-state index contributed by atoms with van der Waals surface area (Å²) in [4.78, 5) is 2.26. The van der Waals surface area contributed by atoms with E-state index >= 15 is 0 Å². The number of piperidine rings is 1. The lowest BCUT2D eigenvalue weighted by Gasteiger charge is -2.36. The maximum absolute atomic E-state index is 14.1. The molecule has 0 unspecified atom stereocenters. The second-order valence-electron chi connectivity index (χ2n) is 5.73. The zero-order valence-corrected chi connectivity index (χ0v) is 14.1. The third kappa shape index (κ3) is 3.82. The van der Waals surface area contributed by atoms with E-state index in [1.165, 1.54) is 19.6 Å². The third-order valence-electron chi connectivity index (χ3n) is 4.46. The van der Waals surface area contributed by atoms with E-state index in [-0.39, 0.29) is 24.8 Å². The van der Waals surface area contributed by atoms with Crippen molar-refractivity contribution in [2.24, 2.45) is 5.92 Å². The van der Waals surface area contributed by atoms with Gasteiger partial charge in [0, 0.05) is 31.2 Å². The number of benzene rings is 1. The van der Waals surface area contributed by atoms with Crippen LogP contribution in [0.1, 0.15) is 18.4 Å². The van der Waals surface area contributed by atoms with Crippen molar-refractivity contribution in [3.05, 3.63) is 29.3 Å². The second-order valence-corrected chi connectivity index (χ2v) is 5.73. The number of nitrogens with zero attached hydrogens (tertiary/aromatic N) is 1. The number of hydrogen-bond acceptors (Lipinski definition) is 3. The summed E-state index contributed by atoms with van der Waals surface area (Å²) in [5.74, 6) is -0.551. The number of methoxy groups -OCH3 is 1. The highest BCUT2D eigenvalue weighted by molar-refractivity contribution is 5.85. The van der Waals surface area contributed by atoms with Gasteiger partial charge in [0.1, 0.15) is 5.75 Å². The molecule has 3 fully saturated rings. The number of hydrogen-bond donors (Lipinski definition) is 1. The molecule has 3 heterocycles. The minimum atomic E-state index is -0.807. The Kier molecular flexibility index (Phi) is 7.32. The van der Waals surface area contributed by atoms with Crippen molar-refractivity contribution in [1.29, 1.82) is 0 Å². The SMILES string of the molecule is COc1ccc(F)c(F)c1CN1C[C@@H]2CC[C@H]1CNC2.Cl.Cl. The van der Waals surface area contributed by atoms with Crippen LogP contribution in [0.15, 0.2) is 12.1 Å². The molecule has 22 heavy (non-hydrogen) atoms. The minimum absolute atomic E-state index is 0. The molecule has 0 spiro atoms. The zero-order valence-electron chi connectivity index (χ0n) is 12.5. The summed E-state index contributed by atoms with van der Waals surface area (Å²) < 4.78 is 32.7. The van der Waals surface area contributed by atoms with Gasteiger partial charge in [-0.1, -0.05) is 0 Å². The van der Waals surface area contributed by atoms with E-state index in [4.69, 9.17) is 4.74 Å². The van der Waals surface area contributed by atoms with E-state index in [2.05, 4.69) is 10.2 Å². The summed E-state index contributed by atoms with van der Waals surface area (Å²) in [6, 6.07) is 3.02. The van der Waals surface area contributed by atoms with Crippen molar-refractivity contribution >= 4 is 24.8 Å². The van der Waals surface area contributed by atoms with Crippen LogP contribution in [0, 0.1) is 17.6 Å². The van der Waals surface area contributed by atoms with Crippen molar-refractivity contribution in [3.8, 4) is 5.75 Å². The van der Waals surface area contributed by atoms with Crippen molar-refractivity contribution in [1.82, 2.24) is 10.2 Å². The molecular weight excluding hydrogens is 333 g/mol. The molecule has 126 valence electrons. The van der Waals surface area contributed by atoms with Gasteiger partial charge in [-0.25, -0.2) is 8.78 Å². The molecule has 0 saturated carbocycles. The highest BCUT2D eigenvalue weighted by Crippen LogP contribution is 2.30. The quantitative estimate of drug-likeness (QED) is 0.902. The Hall–Kier alpha value is -0.620. The standard InChI is InChI=1S/C15H20F2N2O.2ClH/c1-20-14-5-4-13(16)15(17)12(14)9-19-8-10-2-3-11(19)7-18-6-10;;/h4-5,10-11,18H,2-3,6-9H2,1H3;2*1H/t10-,11+;;/m1../s1.